The summed E-state index contributed by atoms with van der Waals surface area (Å²) < 4.78 is 5.65. The van der Waals surface area contributed by atoms with E-state index in [1.54, 1.807) is 12.1 Å². The Morgan fingerprint density at radius 3 is 2.79 bits per heavy atom. The van der Waals surface area contributed by atoms with E-state index >= 15 is 0 Å². The van der Waals surface area contributed by atoms with Crippen LogP contribution in [0.5, 0.6) is 11.6 Å². The number of rotatable bonds is 2. The van der Waals surface area contributed by atoms with Gasteiger partial charge in [-0.25, -0.2) is 4.98 Å². The van der Waals surface area contributed by atoms with Gasteiger partial charge in [0.15, 0.2) is 0 Å². The van der Waals surface area contributed by atoms with Crippen LogP contribution in [-0.2, 0) is 0 Å². The molecule has 1 fully saturated rings. The van der Waals surface area contributed by atoms with Crippen LogP contribution >= 0.6 is 0 Å². The van der Waals surface area contributed by atoms with Crippen LogP contribution in [-0.4, -0.2) is 29.3 Å². The van der Waals surface area contributed by atoms with Gasteiger partial charge in [0.2, 0.25) is 5.88 Å². The first-order chi connectivity index (χ1) is 6.84. The van der Waals surface area contributed by atoms with Gasteiger partial charge in [-0.3, -0.25) is 0 Å². The first-order valence-electron chi connectivity index (χ1n) is 4.87. The molecule has 0 spiro atoms. The normalized spacial score (nSPS) is 18.0. The van der Waals surface area contributed by atoms with Crippen molar-refractivity contribution in [3.8, 4) is 11.6 Å². The van der Waals surface area contributed by atoms with Crippen molar-refractivity contribution in [3.05, 3.63) is 18.3 Å². The molecule has 0 aromatic carbocycles. The highest BCUT2D eigenvalue weighted by Gasteiger charge is 2.14. The summed E-state index contributed by atoms with van der Waals surface area (Å²) in [6.07, 6.45) is 3.69. The van der Waals surface area contributed by atoms with Crippen molar-refractivity contribution in [1.82, 2.24) is 10.3 Å². The zero-order valence-corrected chi connectivity index (χ0v) is 7.94. The van der Waals surface area contributed by atoms with E-state index in [1.807, 2.05) is 0 Å². The lowest BCUT2D eigenvalue weighted by atomic mass is 10.1. The third-order valence-electron chi connectivity index (χ3n) is 2.29. The van der Waals surface area contributed by atoms with Crippen LogP contribution < -0.4 is 10.1 Å². The molecule has 0 unspecified atom stereocenters. The standard InChI is InChI=1S/C10H14N2O2/c13-8-1-2-10(12-7-8)14-9-3-5-11-6-4-9/h1-2,7,9,11,13H,3-6H2. The lowest BCUT2D eigenvalue weighted by Crippen LogP contribution is -2.34. The number of hydrogen-bond donors (Lipinski definition) is 2. The van der Waals surface area contributed by atoms with Crippen LogP contribution in [0.2, 0.25) is 0 Å². The maximum atomic E-state index is 9.03. The Morgan fingerprint density at radius 1 is 1.36 bits per heavy atom. The SMILES string of the molecule is Oc1ccc(OC2CCNCC2)nc1. The molecule has 4 heteroatoms. The van der Waals surface area contributed by atoms with Gasteiger partial charge in [-0.1, -0.05) is 0 Å². The highest BCUT2D eigenvalue weighted by atomic mass is 16.5. The monoisotopic (exact) mass is 194 g/mol. The predicted molar refractivity (Wildman–Crippen MR) is 52.4 cm³/mol. The number of aromatic nitrogens is 1. The molecule has 0 atom stereocenters. The summed E-state index contributed by atoms with van der Waals surface area (Å²) in [4.78, 5) is 3.98. The largest absolute Gasteiger partial charge is 0.506 e. The van der Waals surface area contributed by atoms with E-state index in [4.69, 9.17) is 9.84 Å². The first-order valence-corrected chi connectivity index (χ1v) is 4.87. The number of nitrogens with zero attached hydrogens (tertiary/aromatic N) is 1. The summed E-state index contributed by atoms with van der Waals surface area (Å²) in [6.45, 7) is 2.01. The van der Waals surface area contributed by atoms with Crippen LogP contribution in [0.3, 0.4) is 0 Å². The summed E-state index contributed by atoms with van der Waals surface area (Å²) in [6, 6.07) is 3.28. The van der Waals surface area contributed by atoms with Gasteiger partial charge >= 0.3 is 0 Å². The molecule has 1 aliphatic rings. The maximum Gasteiger partial charge on any atom is 0.213 e. The highest BCUT2D eigenvalue weighted by Crippen LogP contribution is 2.16. The van der Waals surface area contributed by atoms with E-state index in [0.717, 1.165) is 25.9 Å². The van der Waals surface area contributed by atoms with Gasteiger partial charge in [0.25, 0.3) is 0 Å². The molecule has 1 aromatic heterocycles. The van der Waals surface area contributed by atoms with E-state index < -0.39 is 0 Å². The number of pyridine rings is 1. The fourth-order valence-electron chi connectivity index (χ4n) is 1.53. The molecule has 0 bridgehead atoms. The lowest BCUT2D eigenvalue weighted by molar-refractivity contribution is 0.155. The first kappa shape index (κ1) is 9.27. The third kappa shape index (κ3) is 2.35. The molecule has 0 amide bonds. The summed E-state index contributed by atoms with van der Waals surface area (Å²) in [5.74, 6) is 0.761. The van der Waals surface area contributed by atoms with Crippen molar-refractivity contribution in [2.45, 2.75) is 18.9 Å². The minimum Gasteiger partial charge on any atom is -0.506 e. The number of aromatic hydroxyl groups is 1. The Balaban J connectivity index is 1.92. The number of nitrogens with one attached hydrogen (secondary N) is 1. The predicted octanol–water partition coefficient (Wildman–Crippen LogP) is 0.918. The third-order valence-corrected chi connectivity index (χ3v) is 2.29. The van der Waals surface area contributed by atoms with Gasteiger partial charge in [0, 0.05) is 6.07 Å². The topological polar surface area (TPSA) is 54.4 Å². The van der Waals surface area contributed by atoms with Crippen LogP contribution in [0.15, 0.2) is 18.3 Å². The molecule has 0 saturated carbocycles. The zero-order valence-electron chi connectivity index (χ0n) is 7.94. The summed E-state index contributed by atoms with van der Waals surface area (Å²) >= 11 is 0. The minimum absolute atomic E-state index is 0.169. The molecule has 1 saturated heterocycles. The van der Waals surface area contributed by atoms with Crippen LogP contribution in [0.4, 0.5) is 0 Å². The summed E-state index contributed by atoms with van der Waals surface area (Å²) in [7, 11) is 0. The van der Waals surface area contributed by atoms with Crippen molar-refractivity contribution in [2.24, 2.45) is 0 Å². The molecular formula is C10H14N2O2. The molecular weight excluding hydrogens is 180 g/mol. The van der Waals surface area contributed by atoms with Crippen LogP contribution in [0, 0.1) is 0 Å². The van der Waals surface area contributed by atoms with Crippen molar-refractivity contribution in [1.29, 1.82) is 0 Å². The molecule has 4 nitrogen and oxygen atoms in total. The molecule has 14 heavy (non-hydrogen) atoms. The molecule has 2 rings (SSSR count). The van der Waals surface area contributed by atoms with E-state index in [1.165, 1.54) is 6.20 Å². The molecule has 76 valence electrons. The second-order valence-corrected chi connectivity index (χ2v) is 3.42. The highest BCUT2D eigenvalue weighted by molar-refractivity contribution is 5.21. The van der Waals surface area contributed by atoms with Gasteiger partial charge < -0.3 is 15.2 Å². The molecule has 0 aliphatic carbocycles. The quantitative estimate of drug-likeness (QED) is 0.735. The smallest absolute Gasteiger partial charge is 0.213 e. The number of hydrogen-bond acceptors (Lipinski definition) is 4. The van der Waals surface area contributed by atoms with Gasteiger partial charge in [-0.15, -0.1) is 0 Å². The van der Waals surface area contributed by atoms with Gasteiger partial charge in [-0.05, 0) is 32.0 Å². The Hall–Kier alpha value is -1.29. The van der Waals surface area contributed by atoms with E-state index in [-0.39, 0.29) is 11.9 Å². The maximum absolute atomic E-state index is 9.03. The van der Waals surface area contributed by atoms with Crippen molar-refractivity contribution in [3.63, 3.8) is 0 Å². The molecule has 1 aliphatic heterocycles. The second kappa shape index (κ2) is 4.28. The second-order valence-electron chi connectivity index (χ2n) is 3.42. The Morgan fingerprint density at radius 2 is 2.14 bits per heavy atom. The van der Waals surface area contributed by atoms with Crippen molar-refractivity contribution in [2.75, 3.05) is 13.1 Å². The van der Waals surface area contributed by atoms with Gasteiger partial charge in [0.05, 0.1) is 6.20 Å². The van der Waals surface area contributed by atoms with Gasteiger partial charge in [0.1, 0.15) is 11.9 Å². The molecule has 2 N–H and O–H groups in total. The van der Waals surface area contributed by atoms with E-state index in [0.29, 0.717) is 5.88 Å². The minimum atomic E-state index is 0.169. The summed E-state index contributed by atoms with van der Waals surface area (Å²) in [5.41, 5.74) is 0. The molecule has 2 heterocycles. The Labute approximate surface area is 82.9 Å². The van der Waals surface area contributed by atoms with E-state index in [9.17, 15) is 0 Å². The van der Waals surface area contributed by atoms with Crippen molar-refractivity contribution >= 4 is 0 Å². The average molecular weight is 194 g/mol. The van der Waals surface area contributed by atoms with Gasteiger partial charge in [-0.2, -0.15) is 0 Å². The Kier molecular flexibility index (Phi) is 2.84. The lowest BCUT2D eigenvalue weighted by Gasteiger charge is -2.23. The number of piperidine rings is 1. The zero-order chi connectivity index (χ0) is 9.80. The van der Waals surface area contributed by atoms with Crippen LogP contribution in [0.1, 0.15) is 12.8 Å². The van der Waals surface area contributed by atoms with E-state index in [2.05, 4.69) is 10.3 Å². The fourth-order valence-corrected chi connectivity index (χ4v) is 1.53. The summed E-state index contributed by atoms with van der Waals surface area (Å²) in [5, 5.41) is 12.3. The molecule has 1 aromatic rings. The van der Waals surface area contributed by atoms with Crippen LogP contribution in [0.25, 0.3) is 0 Å². The Bertz CT molecular complexity index is 281. The van der Waals surface area contributed by atoms with Crippen molar-refractivity contribution < 1.29 is 9.84 Å². The molecule has 0 radical (unpaired) electrons. The fraction of sp³-hybridized carbons (Fsp3) is 0.500. The number of ether oxygens (including phenoxy) is 1. The average Bonchev–Trinajstić information content (AvgIpc) is 2.23.